The number of hydrogen-bond acceptors (Lipinski definition) is 5. The molecule has 0 amide bonds. The van der Waals surface area contributed by atoms with E-state index in [1.54, 1.807) is 6.07 Å². The molecule has 2 aromatic rings. The molecule has 2 heterocycles. The summed E-state index contributed by atoms with van der Waals surface area (Å²) in [5.74, 6) is 0.132. The zero-order valence-electron chi connectivity index (χ0n) is 17.1. The first kappa shape index (κ1) is 20.4. The van der Waals surface area contributed by atoms with Crippen LogP contribution in [0, 0.1) is 11.7 Å². The van der Waals surface area contributed by atoms with Crippen molar-refractivity contribution < 1.29 is 19.0 Å². The van der Waals surface area contributed by atoms with Gasteiger partial charge in [-0.2, -0.15) is 0 Å². The molecular formula is C24H25FN2O3S. The lowest BCUT2D eigenvalue weighted by Gasteiger charge is -2.21. The number of anilines is 1. The number of carbonyl (C=O) groups is 1. The lowest BCUT2D eigenvalue weighted by atomic mass is 10.0. The van der Waals surface area contributed by atoms with Crippen molar-refractivity contribution in [3.8, 4) is 5.75 Å². The van der Waals surface area contributed by atoms with E-state index in [1.165, 1.54) is 36.9 Å². The molecule has 5 rings (SSSR count). The summed E-state index contributed by atoms with van der Waals surface area (Å²) in [6, 6.07) is 8.42. The Morgan fingerprint density at radius 3 is 2.94 bits per heavy atom. The molecule has 1 aliphatic carbocycles. The molecule has 2 aromatic carbocycles. The van der Waals surface area contributed by atoms with Gasteiger partial charge in [-0.25, -0.2) is 9.18 Å². The van der Waals surface area contributed by atoms with Crippen molar-refractivity contribution in [3.63, 3.8) is 0 Å². The zero-order chi connectivity index (χ0) is 21.4. The van der Waals surface area contributed by atoms with Crippen LogP contribution in [0.1, 0.15) is 46.7 Å². The van der Waals surface area contributed by atoms with E-state index in [0.717, 1.165) is 42.1 Å². The molecule has 0 radical (unpaired) electrons. The highest BCUT2D eigenvalue weighted by atomic mass is 32.2. The fraction of sp³-hybridized carbons (Fsp3) is 0.375. The number of likely N-dealkylation sites (tertiary alicyclic amines) is 1. The van der Waals surface area contributed by atoms with Gasteiger partial charge >= 0.3 is 5.97 Å². The molecule has 5 nitrogen and oxygen atoms in total. The van der Waals surface area contributed by atoms with Crippen LogP contribution in [0.3, 0.4) is 0 Å². The Balaban J connectivity index is 1.35. The number of aromatic carboxylic acids is 1. The molecule has 3 aliphatic rings. The minimum absolute atomic E-state index is 0.170. The van der Waals surface area contributed by atoms with E-state index in [1.807, 2.05) is 18.2 Å². The van der Waals surface area contributed by atoms with Crippen molar-refractivity contribution in [2.75, 3.05) is 31.0 Å². The Hall–Kier alpha value is -2.51. The largest absolute Gasteiger partial charge is 0.492 e. The maximum atomic E-state index is 13.9. The van der Waals surface area contributed by atoms with Gasteiger partial charge in [0, 0.05) is 17.4 Å². The summed E-state index contributed by atoms with van der Waals surface area (Å²) in [6.07, 6.45) is 7.53. The smallest absolute Gasteiger partial charge is 0.341 e. The van der Waals surface area contributed by atoms with Crippen LogP contribution in [0.25, 0.3) is 6.08 Å². The number of halogens is 1. The number of carboxylic acid groups (broad SMARTS) is 1. The molecule has 7 heteroatoms. The first-order chi connectivity index (χ1) is 15.1. The van der Waals surface area contributed by atoms with Gasteiger partial charge in [0.1, 0.15) is 17.1 Å². The molecule has 0 spiro atoms. The summed E-state index contributed by atoms with van der Waals surface area (Å²) >= 11 is 1.28. The van der Waals surface area contributed by atoms with Crippen LogP contribution in [0.5, 0.6) is 5.75 Å². The van der Waals surface area contributed by atoms with Crippen molar-refractivity contribution in [3.05, 3.63) is 58.9 Å². The quantitative estimate of drug-likeness (QED) is 0.574. The number of benzene rings is 2. The van der Waals surface area contributed by atoms with Gasteiger partial charge in [0.2, 0.25) is 0 Å². The molecule has 2 fully saturated rings. The molecule has 2 N–H and O–H groups in total. The highest BCUT2D eigenvalue weighted by Crippen LogP contribution is 2.55. The number of rotatable bonds is 7. The maximum absolute atomic E-state index is 13.9. The second-order valence-electron chi connectivity index (χ2n) is 8.42. The van der Waals surface area contributed by atoms with Crippen LogP contribution in [0.2, 0.25) is 0 Å². The fourth-order valence-corrected chi connectivity index (χ4v) is 5.26. The van der Waals surface area contributed by atoms with Gasteiger partial charge in [-0.1, -0.05) is 18.2 Å². The van der Waals surface area contributed by atoms with E-state index in [-0.39, 0.29) is 11.4 Å². The minimum atomic E-state index is -1.01. The summed E-state index contributed by atoms with van der Waals surface area (Å²) in [4.78, 5) is 15.2. The van der Waals surface area contributed by atoms with Crippen LogP contribution in [0.4, 0.5) is 10.1 Å². The van der Waals surface area contributed by atoms with E-state index in [0.29, 0.717) is 29.9 Å². The van der Waals surface area contributed by atoms with Gasteiger partial charge < -0.3 is 14.6 Å². The topological polar surface area (TPSA) is 61.8 Å². The van der Waals surface area contributed by atoms with E-state index in [9.17, 15) is 14.3 Å². The van der Waals surface area contributed by atoms with Gasteiger partial charge in [-0.05, 0) is 85.6 Å². The highest BCUT2D eigenvalue weighted by molar-refractivity contribution is 8.00. The lowest BCUT2D eigenvalue weighted by molar-refractivity contribution is 0.0692. The summed E-state index contributed by atoms with van der Waals surface area (Å²) in [6.45, 7) is 3.65. The van der Waals surface area contributed by atoms with Gasteiger partial charge in [-0.3, -0.25) is 4.90 Å². The molecule has 162 valence electrons. The van der Waals surface area contributed by atoms with Crippen molar-refractivity contribution >= 4 is 29.7 Å². The first-order valence-electron chi connectivity index (χ1n) is 10.7. The average molecular weight is 441 g/mol. The Kier molecular flexibility index (Phi) is 5.63. The van der Waals surface area contributed by atoms with Crippen LogP contribution >= 0.6 is 11.9 Å². The van der Waals surface area contributed by atoms with E-state index in [2.05, 4.69) is 15.7 Å². The summed E-state index contributed by atoms with van der Waals surface area (Å²) in [5, 5.41) is 9.83. The molecule has 1 saturated carbocycles. The molecule has 0 bridgehead atoms. The predicted octanol–water partition coefficient (Wildman–Crippen LogP) is 5.25. The van der Waals surface area contributed by atoms with E-state index >= 15 is 0 Å². The summed E-state index contributed by atoms with van der Waals surface area (Å²) in [7, 11) is 0. The third-order valence-corrected chi connectivity index (χ3v) is 7.18. The molecule has 2 unspecified atom stereocenters. The first-order valence-corrected chi connectivity index (χ1v) is 11.6. The second-order valence-corrected chi connectivity index (χ2v) is 9.27. The SMILES string of the molecule is O=C(O)c1c(NSc2ccc(F)cc2/C=C\CN2CCCC2)ccc2c1OCC1CC21. The number of hydrogen-bond donors (Lipinski definition) is 2. The third-order valence-electron chi connectivity index (χ3n) is 6.27. The number of nitrogens with zero attached hydrogens (tertiary/aromatic N) is 1. The average Bonchev–Trinajstić information content (AvgIpc) is 3.38. The van der Waals surface area contributed by atoms with Crippen LogP contribution in [-0.2, 0) is 0 Å². The molecule has 1 saturated heterocycles. The Morgan fingerprint density at radius 1 is 1.29 bits per heavy atom. The minimum Gasteiger partial charge on any atom is -0.492 e. The summed E-state index contributed by atoms with van der Waals surface area (Å²) in [5.41, 5.74) is 2.43. The molecule has 2 atom stereocenters. The Bertz CT molecular complexity index is 1040. The number of ether oxygens (including phenoxy) is 1. The normalized spacial score (nSPS) is 22.1. The second kappa shape index (κ2) is 8.55. The highest BCUT2D eigenvalue weighted by Gasteiger charge is 2.45. The zero-order valence-corrected chi connectivity index (χ0v) is 18.0. The summed E-state index contributed by atoms with van der Waals surface area (Å²) < 4.78 is 22.8. The standard InChI is InChI=1S/C24H25FN2O3S/c25-17-5-8-21(15(12-17)4-3-11-27-9-1-2-10-27)31-26-20-7-6-18-19-13-16(19)14-30-23(18)22(20)24(28)29/h3-8,12,16,19,26H,1-2,9-11,13-14H2,(H,28,29)/b4-3-. The van der Waals surface area contributed by atoms with Crippen molar-refractivity contribution in [2.45, 2.75) is 30.1 Å². The van der Waals surface area contributed by atoms with Gasteiger partial charge in [0.15, 0.2) is 0 Å². The number of fused-ring (bicyclic) bond motifs is 3. The Morgan fingerprint density at radius 2 is 2.13 bits per heavy atom. The van der Waals surface area contributed by atoms with Gasteiger partial charge in [0.25, 0.3) is 0 Å². The maximum Gasteiger partial charge on any atom is 0.341 e. The molecule has 31 heavy (non-hydrogen) atoms. The lowest BCUT2D eigenvalue weighted by Crippen LogP contribution is -2.18. The van der Waals surface area contributed by atoms with Crippen LogP contribution < -0.4 is 9.46 Å². The van der Waals surface area contributed by atoms with Gasteiger partial charge in [0.05, 0.1) is 12.3 Å². The van der Waals surface area contributed by atoms with Crippen molar-refractivity contribution in [2.24, 2.45) is 5.92 Å². The predicted molar refractivity (Wildman–Crippen MR) is 120 cm³/mol. The van der Waals surface area contributed by atoms with Crippen LogP contribution in [0.15, 0.2) is 41.3 Å². The third kappa shape index (κ3) is 4.29. The van der Waals surface area contributed by atoms with E-state index in [4.69, 9.17) is 4.74 Å². The van der Waals surface area contributed by atoms with E-state index < -0.39 is 5.97 Å². The Labute approximate surface area is 185 Å². The monoisotopic (exact) mass is 440 g/mol. The van der Waals surface area contributed by atoms with Crippen molar-refractivity contribution in [1.82, 2.24) is 4.90 Å². The number of nitrogens with one attached hydrogen (secondary N) is 1. The molecular weight excluding hydrogens is 415 g/mol. The number of carboxylic acids is 1. The fourth-order valence-electron chi connectivity index (χ4n) is 4.49. The van der Waals surface area contributed by atoms with Gasteiger partial charge in [-0.15, -0.1) is 0 Å². The van der Waals surface area contributed by atoms with Crippen molar-refractivity contribution in [1.29, 1.82) is 0 Å². The van der Waals surface area contributed by atoms with Crippen LogP contribution in [-0.4, -0.2) is 42.2 Å². The molecule has 2 aliphatic heterocycles. The molecule has 0 aromatic heterocycles.